The maximum Gasteiger partial charge on any atom is 0.120 e. The van der Waals surface area contributed by atoms with E-state index in [1.54, 1.807) is 7.11 Å². The van der Waals surface area contributed by atoms with E-state index in [0.717, 1.165) is 45.8 Å². The molecule has 2 fully saturated rings. The Hall–Kier alpha value is -0.500. The average molecular weight is 329 g/mol. The summed E-state index contributed by atoms with van der Waals surface area (Å²) in [5, 5.41) is 4.53. The Bertz CT molecular complexity index is 299. The van der Waals surface area contributed by atoms with Crippen LogP contribution < -0.4 is 10.4 Å². The first-order chi connectivity index (χ1) is 11.1. The summed E-state index contributed by atoms with van der Waals surface area (Å²) in [4.78, 5) is 12.1. The number of nitrogens with one attached hydrogen (secondary N) is 2. The Morgan fingerprint density at radius 1 is 0.826 bits per heavy atom. The zero-order valence-corrected chi connectivity index (χ0v) is 15.7. The zero-order valence-electron chi connectivity index (χ0n) is 15.7. The number of rotatable bonds is 1. The third-order valence-electron chi connectivity index (χ3n) is 4.44. The number of quaternary nitrogens is 1. The third kappa shape index (κ3) is 10.8. The van der Waals surface area contributed by atoms with Crippen LogP contribution in [0.2, 0.25) is 0 Å². The summed E-state index contributed by atoms with van der Waals surface area (Å²) in [7, 11) is 8.21. The second kappa shape index (κ2) is 12.9. The van der Waals surface area contributed by atoms with Crippen LogP contribution in [0, 0.1) is 0 Å². The monoisotopic (exact) mass is 328 g/mol. The van der Waals surface area contributed by atoms with Gasteiger partial charge in [-0.25, -0.2) is 4.84 Å². The van der Waals surface area contributed by atoms with Crippen molar-refractivity contribution in [2.75, 3.05) is 93.7 Å². The zero-order chi connectivity index (χ0) is 16.9. The minimum Gasteiger partial charge on any atom is -0.314 e. The van der Waals surface area contributed by atoms with Crippen LogP contribution in [0.15, 0.2) is 12.2 Å². The van der Waals surface area contributed by atoms with E-state index >= 15 is 0 Å². The first-order valence-electron chi connectivity index (χ1n) is 8.92. The van der Waals surface area contributed by atoms with Gasteiger partial charge in [0.2, 0.25) is 0 Å². The van der Waals surface area contributed by atoms with Crippen molar-refractivity contribution in [1.29, 1.82) is 0 Å². The molecule has 0 aromatic rings. The van der Waals surface area contributed by atoms with Gasteiger partial charge in [-0.1, -0.05) is 12.2 Å². The van der Waals surface area contributed by atoms with Crippen LogP contribution in [-0.2, 0) is 4.84 Å². The van der Waals surface area contributed by atoms with Gasteiger partial charge in [0.25, 0.3) is 0 Å². The molecular formula is C17H38N5O+. The van der Waals surface area contributed by atoms with Crippen molar-refractivity contribution >= 4 is 0 Å². The average Bonchev–Trinajstić information content (AvgIpc) is 2.58. The fourth-order valence-corrected chi connectivity index (χ4v) is 2.61. The largest absolute Gasteiger partial charge is 0.314 e. The highest BCUT2D eigenvalue weighted by Crippen LogP contribution is 1.95. The summed E-state index contributed by atoms with van der Waals surface area (Å²) in [5.74, 6) is 0. The van der Waals surface area contributed by atoms with Gasteiger partial charge in [-0.2, -0.15) is 5.06 Å². The van der Waals surface area contributed by atoms with Crippen LogP contribution >= 0.6 is 0 Å². The molecule has 6 heteroatoms. The minimum atomic E-state index is 1.12. The summed E-state index contributed by atoms with van der Waals surface area (Å²) in [6.45, 7) is 11.7. The summed E-state index contributed by atoms with van der Waals surface area (Å²) >= 11 is 0. The molecule has 2 saturated heterocycles. The number of hydrogen-bond acceptors (Lipinski definition) is 5. The van der Waals surface area contributed by atoms with Crippen LogP contribution in [0.4, 0.5) is 0 Å². The summed E-state index contributed by atoms with van der Waals surface area (Å²) in [6.07, 6.45) is 5.68. The van der Waals surface area contributed by atoms with Gasteiger partial charge in [0.15, 0.2) is 0 Å². The first kappa shape index (κ1) is 20.5. The Morgan fingerprint density at radius 2 is 1.43 bits per heavy atom. The number of piperazine rings is 2. The molecule has 0 radical (unpaired) electrons. The molecule has 0 unspecified atom stereocenters. The van der Waals surface area contributed by atoms with Gasteiger partial charge in [0, 0.05) is 39.3 Å². The fraction of sp³-hybridized carbons (Fsp3) is 0.882. The standard InChI is InChI=1S/C6H14N2O.C6H11N.C5H12N2/c1-7-3-5-8(9-2)6-4-7;1-7-5-3-2-4-6-7;1-7-4-2-6-3-5-7/h3-6H2,1-2H3;2-3H,4-6H2,1H3;6H,2-5H2,1H3/p+1. The molecule has 0 saturated carbocycles. The van der Waals surface area contributed by atoms with Crippen molar-refractivity contribution in [2.45, 2.75) is 6.42 Å². The van der Waals surface area contributed by atoms with E-state index in [1.807, 2.05) is 0 Å². The van der Waals surface area contributed by atoms with Crippen molar-refractivity contribution in [1.82, 2.24) is 20.0 Å². The van der Waals surface area contributed by atoms with E-state index in [9.17, 15) is 0 Å². The van der Waals surface area contributed by atoms with E-state index in [0.29, 0.717) is 0 Å². The molecule has 0 amide bonds. The molecule has 0 atom stereocenters. The quantitative estimate of drug-likeness (QED) is 0.590. The van der Waals surface area contributed by atoms with Crippen LogP contribution in [0.25, 0.3) is 0 Å². The second-order valence-electron chi connectivity index (χ2n) is 6.62. The molecule has 0 aromatic carbocycles. The van der Waals surface area contributed by atoms with E-state index in [-0.39, 0.29) is 0 Å². The molecule has 6 nitrogen and oxygen atoms in total. The van der Waals surface area contributed by atoms with Crippen molar-refractivity contribution in [3.05, 3.63) is 12.2 Å². The van der Waals surface area contributed by atoms with E-state index in [4.69, 9.17) is 4.84 Å². The number of likely N-dealkylation sites (N-methyl/N-ethyl adjacent to an activating group) is 3. The van der Waals surface area contributed by atoms with Gasteiger partial charge in [-0.3, -0.25) is 4.90 Å². The highest BCUT2D eigenvalue weighted by atomic mass is 16.7. The van der Waals surface area contributed by atoms with Crippen molar-refractivity contribution in [3.8, 4) is 0 Å². The summed E-state index contributed by atoms with van der Waals surface area (Å²) in [5.41, 5.74) is 0. The van der Waals surface area contributed by atoms with Crippen molar-refractivity contribution < 1.29 is 9.90 Å². The number of hydroxylamine groups is 2. The van der Waals surface area contributed by atoms with E-state index in [1.165, 1.54) is 31.1 Å². The lowest BCUT2D eigenvalue weighted by molar-refractivity contribution is -1.09. The molecule has 23 heavy (non-hydrogen) atoms. The molecular weight excluding hydrogens is 290 g/mol. The molecule has 0 aliphatic carbocycles. The van der Waals surface area contributed by atoms with Crippen LogP contribution in [0.5, 0.6) is 0 Å². The highest BCUT2D eigenvalue weighted by Gasteiger charge is 2.15. The molecule has 3 aliphatic rings. The summed E-state index contributed by atoms with van der Waals surface area (Å²) in [6, 6.07) is 0. The summed E-state index contributed by atoms with van der Waals surface area (Å²) < 4.78 is 0. The molecule has 3 heterocycles. The maximum absolute atomic E-state index is 5.13. The first-order valence-corrected chi connectivity index (χ1v) is 8.92. The maximum atomic E-state index is 5.13. The smallest absolute Gasteiger partial charge is 0.120 e. The van der Waals surface area contributed by atoms with Gasteiger partial charge in [-0.15, -0.1) is 0 Å². The number of hydrogen-bond donors (Lipinski definition) is 2. The van der Waals surface area contributed by atoms with Crippen molar-refractivity contribution in [3.63, 3.8) is 0 Å². The van der Waals surface area contributed by atoms with Gasteiger partial charge >= 0.3 is 0 Å². The lowest BCUT2D eigenvalue weighted by Gasteiger charge is -2.26. The molecule has 0 bridgehead atoms. The molecule has 3 aliphatic heterocycles. The van der Waals surface area contributed by atoms with Gasteiger partial charge in [0.05, 0.1) is 20.2 Å². The van der Waals surface area contributed by atoms with Crippen LogP contribution in [0.1, 0.15) is 6.42 Å². The number of nitrogens with zero attached hydrogens (tertiary/aromatic N) is 3. The molecule has 3 rings (SSSR count). The SMILES string of the molecule is CN1CC=CCC1.CN1CCNCC1.CO[NH+]1CCN(C)CC1. The Balaban J connectivity index is 0.000000175. The Morgan fingerprint density at radius 3 is 1.78 bits per heavy atom. The topological polar surface area (TPSA) is 35.4 Å². The predicted octanol–water partition coefficient (Wildman–Crippen LogP) is -1.22. The van der Waals surface area contributed by atoms with Gasteiger partial charge in [0.1, 0.15) is 13.1 Å². The van der Waals surface area contributed by atoms with Gasteiger partial charge < -0.3 is 15.1 Å². The minimum absolute atomic E-state index is 1.12. The van der Waals surface area contributed by atoms with Crippen LogP contribution in [0.3, 0.4) is 0 Å². The molecule has 0 aromatic heterocycles. The normalized spacial score (nSPS) is 24.3. The fourth-order valence-electron chi connectivity index (χ4n) is 2.61. The van der Waals surface area contributed by atoms with Crippen molar-refractivity contribution in [2.24, 2.45) is 0 Å². The lowest BCUT2D eigenvalue weighted by Crippen LogP contribution is -3.13. The third-order valence-corrected chi connectivity index (χ3v) is 4.44. The highest BCUT2D eigenvalue weighted by molar-refractivity contribution is 4.89. The molecule has 2 N–H and O–H groups in total. The van der Waals surface area contributed by atoms with Crippen LogP contribution in [-0.4, -0.2) is 108 Å². The molecule has 136 valence electrons. The second-order valence-corrected chi connectivity index (χ2v) is 6.62. The predicted molar refractivity (Wildman–Crippen MR) is 96.8 cm³/mol. The van der Waals surface area contributed by atoms with E-state index < -0.39 is 0 Å². The van der Waals surface area contributed by atoms with E-state index in [2.05, 4.69) is 53.3 Å². The Kier molecular flexibility index (Phi) is 11.5. The Labute approximate surface area is 143 Å². The lowest BCUT2D eigenvalue weighted by atomic mass is 10.3. The molecule has 0 spiro atoms. The van der Waals surface area contributed by atoms with Gasteiger partial charge in [-0.05, 0) is 27.6 Å².